The summed E-state index contributed by atoms with van der Waals surface area (Å²) in [7, 11) is 0. The zero-order chi connectivity index (χ0) is 16.8. The Hall–Kier alpha value is -3.02. The average Bonchev–Trinajstić information content (AvgIpc) is 2.51. The highest BCUT2D eigenvalue weighted by Crippen LogP contribution is 2.16. The van der Waals surface area contributed by atoms with Crippen LogP contribution in [0.2, 0.25) is 0 Å². The molecule has 1 N–H and O–H groups in total. The molecular weight excluding hydrogens is 306 g/mol. The first-order valence-corrected chi connectivity index (χ1v) is 6.58. The molecule has 0 aliphatic heterocycles. The predicted molar refractivity (Wildman–Crippen MR) is 79.3 cm³/mol. The summed E-state index contributed by atoms with van der Waals surface area (Å²) in [5.41, 5.74) is -0.0112. The normalized spacial score (nSPS) is 10.7. The lowest BCUT2D eigenvalue weighted by Gasteiger charge is -2.03. The number of ether oxygens (including phenoxy) is 1. The van der Waals surface area contributed by atoms with Gasteiger partial charge >= 0.3 is 5.97 Å². The van der Waals surface area contributed by atoms with Gasteiger partial charge in [-0.25, -0.2) is 13.6 Å². The van der Waals surface area contributed by atoms with Gasteiger partial charge in [-0.05, 0) is 35.9 Å². The molecule has 4 nitrogen and oxygen atoms in total. The van der Waals surface area contributed by atoms with Crippen LogP contribution in [0.25, 0.3) is 6.08 Å². The fourth-order valence-corrected chi connectivity index (χ4v) is 1.81. The van der Waals surface area contributed by atoms with E-state index in [0.717, 1.165) is 18.2 Å². The van der Waals surface area contributed by atoms with Gasteiger partial charge in [0.2, 0.25) is 0 Å². The second-order valence-electron chi connectivity index (χ2n) is 4.55. The second-order valence-corrected chi connectivity index (χ2v) is 4.55. The molecule has 0 spiro atoms. The quantitative estimate of drug-likeness (QED) is 0.655. The number of ketones is 1. The lowest BCUT2D eigenvalue weighted by molar-refractivity contribution is -0.139. The summed E-state index contributed by atoms with van der Waals surface area (Å²) < 4.78 is 31.9. The summed E-state index contributed by atoms with van der Waals surface area (Å²) >= 11 is 0. The van der Waals surface area contributed by atoms with Gasteiger partial charge in [-0.1, -0.05) is 24.3 Å². The zero-order valence-corrected chi connectivity index (χ0v) is 11.8. The van der Waals surface area contributed by atoms with Crippen LogP contribution in [0.1, 0.15) is 15.9 Å². The molecule has 0 aliphatic carbocycles. The second kappa shape index (κ2) is 7.31. The monoisotopic (exact) mass is 318 g/mol. The van der Waals surface area contributed by atoms with Gasteiger partial charge in [0.05, 0.1) is 5.56 Å². The highest BCUT2D eigenvalue weighted by atomic mass is 19.1. The Morgan fingerprint density at radius 2 is 1.65 bits per heavy atom. The standard InChI is InChI=1S/C17H12F2O4/c18-13-2-1-3-14(19)17(13)15(20)9-6-11-4-7-12(8-5-11)23-10-16(21)22/h1-9H,10H2,(H,21,22)/b9-6+. The van der Waals surface area contributed by atoms with Crippen LogP contribution in [0.4, 0.5) is 8.78 Å². The first-order valence-electron chi connectivity index (χ1n) is 6.58. The molecule has 0 saturated heterocycles. The van der Waals surface area contributed by atoms with E-state index in [4.69, 9.17) is 9.84 Å². The van der Waals surface area contributed by atoms with E-state index in [9.17, 15) is 18.4 Å². The number of benzene rings is 2. The highest BCUT2D eigenvalue weighted by Gasteiger charge is 2.14. The first kappa shape index (κ1) is 16.4. The Balaban J connectivity index is 2.08. The van der Waals surface area contributed by atoms with Crippen molar-refractivity contribution in [2.45, 2.75) is 0 Å². The van der Waals surface area contributed by atoms with Crippen LogP contribution in [0.3, 0.4) is 0 Å². The van der Waals surface area contributed by atoms with E-state index in [-0.39, 0.29) is 0 Å². The van der Waals surface area contributed by atoms with E-state index in [2.05, 4.69) is 0 Å². The van der Waals surface area contributed by atoms with Gasteiger partial charge in [-0.2, -0.15) is 0 Å². The van der Waals surface area contributed by atoms with Crippen molar-refractivity contribution in [3.8, 4) is 5.75 Å². The summed E-state index contributed by atoms with van der Waals surface area (Å²) in [5, 5.41) is 8.49. The van der Waals surface area contributed by atoms with E-state index in [1.807, 2.05) is 0 Å². The van der Waals surface area contributed by atoms with Crippen LogP contribution in [0.15, 0.2) is 48.5 Å². The first-order chi connectivity index (χ1) is 11.0. The maximum atomic E-state index is 13.5. The fourth-order valence-electron chi connectivity index (χ4n) is 1.81. The van der Waals surface area contributed by atoms with Crippen LogP contribution in [0, 0.1) is 11.6 Å². The van der Waals surface area contributed by atoms with Crippen LogP contribution in [-0.4, -0.2) is 23.5 Å². The topological polar surface area (TPSA) is 63.6 Å². The van der Waals surface area contributed by atoms with Gasteiger partial charge in [-0.3, -0.25) is 4.79 Å². The number of carboxylic acids is 1. The number of hydrogen-bond acceptors (Lipinski definition) is 3. The minimum atomic E-state index is -1.09. The number of halogens is 2. The predicted octanol–water partition coefficient (Wildman–Crippen LogP) is 3.32. The molecule has 2 aromatic carbocycles. The van der Waals surface area contributed by atoms with Crippen molar-refractivity contribution in [1.29, 1.82) is 0 Å². The molecule has 118 valence electrons. The lowest BCUT2D eigenvalue weighted by atomic mass is 10.1. The van der Waals surface area contributed by atoms with Gasteiger partial charge in [0.1, 0.15) is 17.4 Å². The molecule has 0 aliphatic rings. The van der Waals surface area contributed by atoms with E-state index < -0.39 is 35.6 Å². The number of carboxylic acid groups (broad SMARTS) is 1. The van der Waals surface area contributed by atoms with Crippen molar-refractivity contribution >= 4 is 17.8 Å². The van der Waals surface area contributed by atoms with Crippen molar-refractivity contribution in [2.24, 2.45) is 0 Å². The Kier molecular flexibility index (Phi) is 5.19. The maximum Gasteiger partial charge on any atom is 0.341 e. The Labute approximate surface area is 130 Å². The van der Waals surface area contributed by atoms with Gasteiger partial charge in [0, 0.05) is 0 Å². The van der Waals surface area contributed by atoms with E-state index in [1.165, 1.54) is 24.3 Å². The minimum absolute atomic E-state index is 0.357. The summed E-state index contributed by atoms with van der Waals surface area (Å²) in [5.74, 6) is -3.36. The van der Waals surface area contributed by atoms with Gasteiger partial charge in [-0.15, -0.1) is 0 Å². The van der Waals surface area contributed by atoms with Crippen LogP contribution in [0.5, 0.6) is 5.75 Å². The number of rotatable bonds is 6. The molecule has 0 aromatic heterocycles. The molecule has 0 atom stereocenters. The number of hydrogen-bond donors (Lipinski definition) is 1. The molecule has 0 radical (unpaired) electrons. The van der Waals surface area contributed by atoms with Crippen molar-refractivity contribution in [3.63, 3.8) is 0 Å². The molecule has 2 rings (SSSR count). The molecule has 23 heavy (non-hydrogen) atoms. The van der Waals surface area contributed by atoms with Crippen LogP contribution < -0.4 is 4.74 Å². The molecule has 0 bridgehead atoms. The lowest BCUT2D eigenvalue weighted by Crippen LogP contribution is -2.09. The maximum absolute atomic E-state index is 13.5. The highest BCUT2D eigenvalue weighted by molar-refractivity contribution is 6.07. The van der Waals surface area contributed by atoms with Crippen molar-refractivity contribution in [3.05, 3.63) is 71.3 Å². The smallest absolute Gasteiger partial charge is 0.341 e. The van der Waals surface area contributed by atoms with Crippen LogP contribution >= 0.6 is 0 Å². The Morgan fingerprint density at radius 1 is 1.04 bits per heavy atom. The largest absolute Gasteiger partial charge is 0.482 e. The Morgan fingerprint density at radius 3 is 2.22 bits per heavy atom. The third kappa shape index (κ3) is 4.47. The zero-order valence-electron chi connectivity index (χ0n) is 11.8. The van der Waals surface area contributed by atoms with E-state index in [0.29, 0.717) is 11.3 Å². The van der Waals surface area contributed by atoms with Crippen molar-refractivity contribution in [2.75, 3.05) is 6.61 Å². The summed E-state index contributed by atoms with van der Waals surface area (Å²) in [6, 6.07) is 9.42. The van der Waals surface area contributed by atoms with Gasteiger partial charge < -0.3 is 9.84 Å². The molecule has 2 aromatic rings. The third-order valence-electron chi connectivity index (χ3n) is 2.88. The molecule has 6 heteroatoms. The number of carbonyl (C=O) groups is 2. The Bertz CT molecular complexity index is 731. The SMILES string of the molecule is O=C(O)COc1ccc(/C=C/C(=O)c2c(F)cccc2F)cc1. The minimum Gasteiger partial charge on any atom is -0.482 e. The molecule has 0 fully saturated rings. The summed E-state index contributed by atoms with van der Waals surface area (Å²) in [4.78, 5) is 22.2. The summed E-state index contributed by atoms with van der Waals surface area (Å²) in [6.07, 6.45) is 2.46. The average molecular weight is 318 g/mol. The molecule has 0 saturated carbocycles. The molecule has 0 amide bonds. The number of carbonyl (C=O) groups excluding carboxylic acids is 1. The van der Waals surface area contributed by atoms with Gasteiger partial charge in [0.25, 0.3) is 0 Å². The molecule has 0 heterocycles. The van der Waals surface area contributed by atoms with Crippen LogP contribution in [-0.2, 0) is 4.79 Å². The van der Waals surface area contributed by atoms with Crippen molar-refractivity contribution < 1.29 is 28.2 Å². The third-order valence-corrected chi connectivity index (χ3v) is 2.88. The number of allylic oxidation sites excluding steroid dienone is 1. The fraction of sp³-hybridized carbons (Fsp3) is 0.0588. The van der Waals surface area contributed by atoms with Crippen molar-refractivity contribution in [1.82, 2.24) is 0 Å². The number of aliphatic carboxylic acids is 1. The van der Waals surface area contributed by atoms with E-state index in [1.54, 1.807) is 12.1 Å². The molecular formula is C17H12F2O4. The van der Waals surface area contributed by atoms with E-state index >= 15 is 0 Å². The summed E-state index contributed by atoms with van der Waals surface area (Å²) in [6.45, 7) is -0.458. The molecule has 0 unspecified atom stereocenters. The van der Waals surface area contributed by atoms with Gasteiger partial charge in [0.15, 0.2) is 12.4 Å².